The Labute approximate surface area is 131 Å². The Morgan fingerprint density at radius 1 is 1.38 bits per heavy atom. The second kappa shape index (κ2) is 7.08. The van der Waals surface area contributed by atoms with E-state index >= 15 is 0 Å². The highest BCUT2D eigenvalue weighted by Gasteiger charge is 2.23. The summed E-state index contributed by atoms with van der Waals surface area (Å²) in [5, 5.41) is 10.4. The van der Waals surface area contributed by atoms with E-state index in [9.17, 15) is 5.11 Å². The minimum Gasteiger partial charge on any atom is -0.512 e. The molecule has 4 heteroatoms. The first kappa shape index (κ1) is 16.0. The lowest BCUT2D eigenvalue weighted by Crippen LogP contribution is -2.17. The van der Waals surface area contributed by atoms with Gasteiger partial charge in [0.25, 0.3) is 0 Å². The van der Waals surface area contributed by atoms with Gasteiger partial charge in [-0.25, -0.2) is 9.97 Å². The summed E-state index contributed by atoms with van der Waals surface area (Å²) in [6, 6.07) is 0. The van der Waals surface area contributed by atoms with Gasteiger partial charge in [-0.05, 0) is 38.5 Å². The number of halogens is 1. The maximum atomic E-state index is 9.89. The Hall–Kier alpha value is -1.35. The molecule has 0 aromatic carbocycles. The van der Waals surface area contributed by atoms with Gasteiger partial charge in [0.05, 0.1) is 5.57 Å². The van der Waals surface area contributed by atoms with Gasteiger partial charge in [0.2, 0.25) is 0 Å². The van der Waals surface area contributed by atoms with Crippen molar-refractivity contribution in [3.63, 3.8) is 0 Å². The highest BCUT2D eigenvalue weighted by atomic mass is 35.5. The molecule has 0 saturated carbocycles. The number of hydrogen-bond acceptors (Lipinski definition) is 3. The van der Waals surface area contributed by atoms with Crippen molar-refractivity contribution in [1.82, 2.24) is 9.97 Å². The van der Waals surface area contributed by atoms with E-state index in [4.69, 9.17) is 11.6 Å². The molecular weight excluding hydrogens is 284 g/mol. The van der Waals surface area contributed by atoms with Crippen LogP contribution in [0.3, 0.4) is 0 Å². The zero-order valence-electron chi connectivity index (χ0n) is 13.0. The van der Waals surface area contributed by atoms with Gasteiger partial charge in [-0.2, -0.15) is 0 Å². The fourth-order valence-electron chi connectivity index (χ4n) is 2.70. The van der Waals surface area contributed by atoms with Crippen LogP contribution in [-0.2, 0) is 12.8 Å². The molecule has 0 bridgehead atoms. The quantitative estimate of drug-likeness (QED) is 0.489. The van der Waals surface area contributed by atoms with Crippen molar-refractivity contribution in [2.45, 2.75) is 52.9 Å². The number of fused-ring (bicyclic) bond motifs is 1. The Balaban J connectivity index is 2.45. The van der Waals surface area contributed by atoms with Gasteiger partial charge in [-0.15, -0.1) is 0 Å². The van der Waals surface area contributed by atoms with Crippen molar-refractivity contribution in [2.24, 2.45) is 5.92 Å². The summed E-state index contributed by atoms with van der Waals surface area (Å²) in [6.45, 7) is 5.92. The van der Waals surface area contributed by atoms with Gasteiger partial charge in [-0.3, -0.25) is 0 Å². The number of rotatable bonds is 4. The first-order valence-corrected chi connectivity index (χ1v) is 8.06. The van der Waals surface area contributed by atoms with Crippen LogP contribution >= 0.6 is 11.6 Å². The minimum atomic E-state index is 0.221. The summed E-state index contributed by atoms with van der Waals surface area (Å²) in [4.78, 5) is 9.08. The lowest BCUT2D eigenvalue weighted by Gasteiger charge is -2.23. The molecular formula is C17H23ClN2O. The van der Waals surface area contributed by atoms with Crippen LogP contribution in [0.1, 0.15) is 57.1 Å². The number of aliphatic hydroxyl groups is 1. The molecule has 114 valence electrons. The molecule has 1 aliphatic carbocycles. The van der Waals surface area contributed by atoms with Gasteiger partial charge < -0.3 is 5.11 Å². The van der Waals surface area contributed by atoms with Crippen LogP contribution in [0.25, 0.3) is 5.57 Å². The second-order valence-corrected chi connectivity index (χ2v) is 5.95. The zero-order valence-corrected chi connectivity index (χ0v) is 13.7. The Bertz CT molecular complexity index is 574. The van der Waals surface area contributed by atoms with Gasteiger partial charge in [0.15, 0.2) is 5.82 Å². The summed E-state index contributed by atoms with van der Waals surface area (Å²) in [6.07, 6.45) is 8.98. The van der Waals surface area contributed by atoms with Gasteiger partial charge in [-0.1, -0.05) is 44.0 Å². The SMILES string of the molecule is CC/C=C\C(=C(/C)O)c1nc(Cl)c2c(n1)CC(CC)CC2. The van der Waals surface area contributed by atoms with E-state index < -0.39 is 0 Å². The smallest absolute Gasteiger partial charge is 0.164 e. The molecule has 1 heterocycles. The normalized spacial score (nSPS) is 19.5. The number of aromatic nitrogens is 2. The van der Waals surface area contributed by atoms with Crippen molar-refractivity contribution < 1.29 is 5.11 Å². The Morgan fingerprint density at radius 3 is 2.76 bits per heavy atom. The van der Waals surface area contributed by atoms with Crippen molar-refractivity contribution in [3.05, 3.63) is 40.1 Å². The van der Waals surface area contributed by atoms with E-state index in [1.54, 1.807) is 6.92 Å². The average Bonchev–Trinajstić information content (AvgIpc) is 2.46. The number of allylic oxidation sites excluding steroid dienone is 4. The van der Waals surface area contributed by atoms with E-state index in [0.717, 1.165) is 43.4 Å². The van der Waals surface area contributed by atoms with E-state index in [1.807, 2.05) is 19.1 Å². The standard InChI is InChI=1S/C17H23ClN2O/c1-4-6-7-13(11(3)21)17-19-15-10-12(5-2)8-9-14(15)16(18)20-17/h6-7,12,21H,4-5,8-10H2,1-3H3/b7-6-,13-11-. The topological polar surface area (TPSA) is 46.0 Å². The van der Waals surface area contributed by atoms with Crippen LogP contribution in [0.15, 0.2) is 17.9 Å². The third-order valence-electron chi connectivity index (χ3n) is 4.06. The predicted molar refractivity (Wildman–Crippen MR) is 87.5 cm³/mol. The van der Waals surface area contributed by atoms with Crippen molar-refractivity contribution in [1.29, 1.82) is 0 Å². The van der Waals surface area contributed by atoms with Gasteiger partial charge in [0, 0.05) is 11.3 Å². The van der Waals surface area contributed by atoms with Crippen molar-refractivity contribution >= 4 is 17.2 Å². The first-order chi connectivity index (χ1) is 10.1. The molecule has 0 aliphatic heterocycles. The van der Waals surface area contributed by atoms with Crippen LogP contribution in [0.5, 0.6) is 0 Å². The highest BCUT2D eigenvalue weighted by Crippen LogP contribution is 2.31. The van der Waals surface area contributed by atoms with Gasteiger partial charge in [0.1, 0.15) is 10.9 Å². The number of nitrogens with zero attached hydrogens (tertiary/aromatic N) is 2. The fraction of sp³-hybridized carbons (Fsp3) is 0.529. The molecule has 1 atom stereocenters. The molecule has 1 aromatic rings. The Morgan fingerprint density at radius 2 is 2.14 bits per heavy atom. The Kier molecular flexibility index (Phi) is 5.40. The third-order valence-corrected chi connectivity index (χ3v) is 4.37. The molecule has 1 N–H and O–H groups in total. The summed E-state index contributed by atoms with van der Waals surface area (Å²) < 4.78 is 0. The predicted octanol–water partition coefficient (Wildman–Crippen LogP) is 4.90. The van der Waals surface area contributed by atoms with Crippen molar-refractivity contribution in [3.8, 4) is 0 Å². The molecule has 1 unspecified atom stereocenters. The van der Waals surface area contributed by atoms with Gasteiger partial charge >= 0.3 is 0 Å². The molecule has 0 amide bonds. The fourth-order valence-corrected chi connectivity index (χ4v) is 2.99. The summed E-state index contributed by atoms with van der Waals surface area (Å²) >= 11 is 6.34. The van der Waals surface area contributed by atoms with E-state index in [-0.39, 0.29) is 5.76 Å². The summed E-state index contributed by atoms with van der Waals surface area (Å²) in [5.41, 5.74) is 2.78. The number of aliphatic hydroxyl groups excluding tert-OH is 1. The molecule has 3 nitrogen and oxygen atoms in total. The molecule has 0 fully saturated rings. The van der Waals surface area contributed by atoms with Crippen LogP contribution in [0.2, 0.25) is 5.15 Å². The van der Waals surface area contributed by atoms with E-state index in [0.29, 0.717) is 22.5 Å². The lowest BCUT2D eigenvalue weighted by molar-refractivity contribution is 0.416. The largest absolute Gasteiger partial charge is 0.512 e. The summed E-state index contributed by atoms with van der Waals surface area (Å²) in [5.74, 6) is 1.42. The van der Waals surface area contributed by atoms with Crippen LogP contribution in [0.4, 0.5) is 0 Å². The maximum Gasteiger partial charge on any atom is 0.164 e. The second-order valence-electron chi connectivity index (χ2n) is 5.59. The molecule has 0 saturated heterocycles. The molecule has 21 heavy (non-hydrogen) atoms. The molecule has 1 aliphatic rings. The monoisotopic (exact) mass is 306 g/mol. The average molecular weight is 307 g/mol. The summed E-state index contributed by atoms with van der Waals surface area (Å²) in [7, 11) is 0. The first-order valence-electron chi connectivity index (χ1n) is 7.68. The minimum absolute atomic E-state index is 0.221. The van der Waals surface area contributed by atoms with E-state index in [2.05, 4.69) is 16.9 Å². The van der Waals surface area contributed by atoms with Crippen LogP contribution in [0, 0.1) is 5.92 Å². The third kappa shape index (κ3) is 3.65. The molecule has 2 rings (SSSR count). The lowest BCUT2D eigenvalue weighted by atomic mass is 9.86. The maximum absolute atomic E-state index is 9.89. The van der Waals surface area contributed by atoms with Crippen LogP contribution < -0.4 is 0 Å². The molecule has 0 spiro atoms. The zero-order chi connectivity index (χ0) is 15.4. The highest BCUT2D eigenvalue weighted by molar-refractivity contribution is 6.30. The van der Waals surface area contributed by atoms with Crippen LogP contribution in [-0.4, -0.2) is 15.1 Å². The number of hydrogen-bond donors (Lipinski definition) is 1. The van der Waals surface area contributed by atoms with E-state index in [1.165, 1.54) is 0 Å². The molecule has 0 radical (unpaired) electrons. The molecule has 1 aromatic heterocycles. The van der Waals surface area contributed by atoms with Crippen molar-refractivity contribution in [2.75, 3.05) is 0 Å².